The van der Waals surface area contributed by atoms with Crippen molar-refractivity contribution in [2.75, 3.05) is 26.2 Å². The van der Waals surface area contributed by atoms with E-state index in [4.69, 9.17) is 0 Å². The standard InChI is InChI=1S/C13H21N3O2/c1-4-16(5-2)7-6-14-13(18)11-8-10(3)12(17)15-9-11/h8-9H,4-7H2,1-3H3,(H,14,18)(H,15,17). The molecule has 0 radical (unpaired) electrons. The topological polar surface area (TPSA) is 65.2 Å². The SMILES string of the molecule is CCN(CC)CCNC(=O)c1c[nH]c(=O)c(C)c1. The van der Waals surface area contributed by atoms with Gasteiger partial charge in [-0.3, -0.25) is 9.59 Å². The van der Waals surface area contributed by atoms with Gasteiger partial charge in [-0.2, -0.15) is 0 Å². The molecule has 0 aromatic carbocycles. The number of hydrogen-bond donors (Lipinski definition) is 2. The second-order valence-electron chi connectivity index (χ2n) is 4.18. The third kappa shape index (κ3) is 4.00. The van der Waals surface area contributed by atoms with Crippen LogP contribution in [0.15, 0.2) is 17.1 Å². The zero-order chi connectivity index (χ0) is 13.5. The highest BCUT2D eigenvalue weighted by Crippen LogP contribution is 1.97. The van der Waals surface area contributed by atoms with E-state index >= 15 is 0 Å². The van der Waals surface area contributed by atoms with E-state index in [9.17, 15) is 9.59 Å². The molecule has 0 bridgehead atoms. The Labute approximate surface area is 107 Å². The summed E-state index contributed by atoms with van der Waals surface area (Å²) in [4.78, 5) is 27.8. The Hall–Kier alpha value is -1.62. The maximum atomic E-state index is 11.8. The third-order valence-electron chi connectivity index (χ3n) is 2.96. The van der Waals surface area contributed by atoms with Gasteiger partial charge < -0.3 is 15.2 Å². The number of nitrogens with one attached hydrogen (secondary N) is 2. The average molecular weight is 251 g/mol. The van der Waals surface area contributed by atoms with Crippen LogP contribution in [0.5, 0.6) is 0 Å². The van der Waals surface area contributed by atoms with Crippen molar-refractivity contribution in [1.29, 1.82) is 0 Å². The zero-order valence-corrected chi connectivity index (χ0v) is 11.2. The van der Waals surface area contributed by atoms with E-state index in [0.29, 0.717) is 17.7 Å². The first-order chi connectivity index (χ1) is 8.58. The van der Waals surface area contributed by atoms with Gasteiger partial charge in [0, 0.05) is 24.8 Å². The van der Waals surface area contributed by atoms with Gasteiger partial charge in [0.15, 0.2) is 0 Å². The molecule has 0 saturated heterocycles. The van der Waals surface area contributed by atoms with Gasteiger partial charge in [-0.15, -0.1) is 0 Å². The number of aromatic amines is 1. The van der Waals surface area contributed by atoms with E-state index in [-0.39, 0.29) is 11.5 Å². The fraction of sp³-hybridized carbons (Fsp3) is 0.538. The average Bonchev–Trinajstić information content (AvgIpc) is 2.37. The number of aryl methyl sites for hydroxylation is 1. The molecule has 1 amide bonds. The number of carbonyl (C=O) groups excluding carboxylic acids is 1. The molecular formula is C13H21N3O2. The summed E-state index contributed by atoms with van der Waals surface area (Å²) >= 11 is 0. The van der Waals surface area contributed by atoms with Gasteiger partial charge in [-0.1, -0.05) is 13.8 Å². The van der Waals surface area contributed by atoms with Crippen molar-refractivity contribution >= 4 is 5.91 Å². The molecule has 0 spiro atoms. The van der Waals surface area contributed by atoms with Crippen LogP contribution in [0.25, 0.3) is 0 Å². The second kappa shape index (κ2) is 6.96. The number of likely N-dealkylation sites (N-methyl/N-ethyl adjacent to an activating group) is 1. The molecule has 18 heavy (non-hydrogen) atoms. The van der Waals surface area contributed by atoms with E-state index in [2.05, 4.69) is 29.0 Å². The van der Waals surface area contributed by atoms with Gasteiger partial charge in [-0.05, 0) is 26.1 Å². The summed E-state index contributed by atoms with van der Waals surface area (Å²) in [6, 6.07) is 1.60. The van der Waals surface area contributed by atoms with Gasteiger partial charge in [-0.25, -0.2) is 0 Å². The van der Waals surface area contributed by atoms with Crippen LogP contribution >= 0.6 is 0 Å². The predicted octanol–water partition coefficient (Wildman–Crippen LogP) is 0.755. The van der Waals surface area contributed by atoms with Crippen LogP contribution in [-0.4, -0.2) is 42.0 Å². The molecule has 0 aliphatic carbocycles. The molecular weight excluding hydrogens is 230 g/mol. The molecule has 0 aliphatic heterocycles. The van der Waals surface area contributed by atoms with Crippen molar-refractivity contribution in [2.24, 2.45) is 0 Å². The van der Waals surface area contributed by atoms with Crippen LogP contribution in [0.4, 0.5) is 0 Å². The zero-order valence-electron chi connectivity index (χ0n) is 11.2. The maximum Gasteiger partial charge on any atom is 0.252 e. The van der Waals surface area contributed by atoms with Crippen LogP contribution in [0.2, 0.25) is 0 Å². The summed E-state index contributed by atoms with van der Waals surface area (Å²) in [7, 11) is 0. The molecule has 0 atom stereocenters. The maximum absolute atomic E-state index is 11.8. The fourth-order valence-corrected chi connectivity index (χ4v) is 1.70. The molecule has 2 N–H and O–H groups in total. The van der Waals surface area contributed by atoms with E-state index in [1.54, 1.807) is 13.0 Å². The molecule has 5 heteroatoms. The normalized spacial score (nSPS) is 10.7. The first-order valence-corrected chi connectivity index (χ1v) is 6.28. The summed E-state index contributed by atoms with van der Waals surface area (Å²) < 4.78 is 0. The van der Waals surface area contributed by atoms with Gasteiger partial charge in [0.1, 0.15) is 0 Å². The van der Waals surface area contributed by atoms with Crippen molar-refractivity contribution in [3.05, 3.63) is 33.7 Å². The van der Waals surface area contributed by atoms with Crippen molar-refractivity contribution in [3.63, 3.8) is 0 Å². The highest BCUT2D eigenvalue weighted by atomic mass is 16.1. The monoisotopic (exact) mass is 251 g/mol. The Balaban J connectivity index is 2.50. The van der Waals surface area contributed by atoms with E-state index < -0.39 is 0 Å². The van der Waals surface area contributed by atoms with Crippen molar-refractivity contribution in [1.82, 2.24) is 15.2 Å². The van der Waals surface area contributed by atoms with Gasteiger partial charge in [0.2, 0.25) is 0 Å². The molecule has 1 rings (SSSR count). The summed E-state index contributed by atoms with van der Waals surface area (Å²) in [5.74, 6) is -0.151. The molecule has 0 fully saturated rings. The number of pyridine rings is 1. The Morgan fingerprint density at radius 2 is 2.06 bits per heavy atom. The van der Waals surface area contributed by atoms with Gasteiger partial charge >= 0.3 is 0 Å². The number of aromatic nitrogens is 1. The fourth-order valence-electron chi connectivity index (χ4n) is 1.70. The smallest absolute Gasteiger partial charge is 0.252 e. The molecule has 100 valence electrons. The Bertz CT molecular complexity index is 450. The summed E-state index contributed by atoms with van der Waals surface area (Å²) in [6.45, 7) is 9.27. The van der Waals surface area contributed by atoms with E-state index in [0.717, 1.165) is 19.6 Å². The summed E-state index contributed by atoms with van der Waals surface area (Å²) in [6.07, 6.45) is 1.45. The molecule has 0 aliphatic rings. The van der Waals surface area contributed by atoms with E-state index in [1.807, 2.05) is 0 Å². The third-order valence-corrected chi connectivity index (χ3v) is 2.96. The van der Waals surface area contributed by atoms with Crippen molar-refractivity contribution in [2.45, 2.75) is 20.8 Å². The quantitative estimate of drug-likeness (QED) is 0.784. The molecule has 5 nitrogen and oxygen atoms in total. The molecule has 0 unspecified atom stereocenters. The first kappa shape index (κ1) is 14.4. The minimum atomic E-state index is -0.158. The molecule has 0 saturated carbocycles. The minimum absolute atomic E-state index is 0.151. The lowest BCUT2D eigenvalue weighted by molar-refractivity contribution is 0.0948. The predicted molar refractivity (Wildman–Crippen MR) is 71.9 cm³/mol. The Morgan fingerprint density at radius 3 is 2.61 bits per heavy atom. The van der Waals surface area contributed by atoms with Crippen molar-refractivity contribution < 1.29 is 4.79 Å². The number of H-pyrrole nitrogens is 1. The highest BCUT2D eigenvalue weighted by molar-refractivity contribution is 5.93. The largest absolute Gasteiger partial charge is 0.351 e. The number of amides is 1. The van der Waals surface area contributed by atoms with Crippen molar-refractivity contribution in [3.8, 4) is 0 Å². The first-order valence-electron chi connectivity index (χ1n) is 6.28. The van der Waals surface area contributed by atoms with Crippen LogP contribution in [0.3, 0.4) is 0 Å². The lowest BCUT2D eigenvalue weighted by Crippen LogP contribution is -2.35. The van der Waals surface area contributed by atoms with Crippen LogP contribution in [-0.2, 0) is 0 Å². The lowest BCUT2D eigenvalue weighted by atomic mass is 10.2. The highest BCUT2D eigenvalue weighted by Gasteiger charge is 2.07. The minimum Gasteiger partial charge on any atom is -0.351 e. The van der Waals surface area contributed by atoms with Crippen LogP contribution < -0.4 is 10.9 Å². The van der Waals surface area contributed by atoms with Gasteiger partial charge in [0.05, 0.1) is 5.56 Å². The second-order valence-corrected chi connectivity index (χ2v) is 4.18. The Kier molecular flexibility index (Phi) is 5.58. The molecule has 1 aromatic rings. The molecule has 1 aromatic heterocycles. The van der Waals surface area contributed by atoms with Crippen LogP contribution in [0.1, 0.15) is 29.8 Å². The number of nitrogens with zero attached hydrogens (tertiary/aromatic N) is 1. The summed E-state index contributed by atoms with van der Waals surface area (Å²) in [5.41, 5.74) is 0.882. The lowest BCUT2D eigenvalue weighted by Gasteiger charge is -2.17. The number of rotatable bonds is 6. The summed E-state index contributed by atoms with van der Waals surface area (Å²) in [5, 5.41) is 2.84. The Morgan fingerprint density at radius 1 is 1.39 bits per heavy atom. The number of hydrogen-bond acceptors (Lipinski definition) is 3. The molecule has 1 heterocycles. The van der Waals surface area contributed by atoms with Crippen LogP contribution in [0, 0.1) is 6.92 Å². The van der Waals surface area contributed by atoms with E-state index in [1.165, 1.54) is 6.20 Å². The number of carbonyl (C=O) groups is 1. The van der Waals surface area contributed by atoms with Gasteiger partial charge in [0.25, 0.3) is 11.5 Å².